The summed E-state index contributed by atoms with van der Waals surface area (Å²) in [6.07, 6.45) is 3.46. The monoisotopic (exact) mass is 312 g/mol. The fourth-order valence-electron chi connectivity index (χ4n) is 3.08. The van der Waals surface area contributed by atoms with Crippen LogP contribution in [0.3, 0.4) is 0 Å². The van der Waals surface area contributed by atoms with Crippen LogP contribution in [0.15, 0.2) is 29.1 Å². The van der Waals surface area contributed by atoms with E-state index in [4.69, 9.17) is 9.47 Å². The summed E-state index contributed by atoms with van der Waals surface area (Å²) in [6, 6.07) is 8.19. The molecule has 0 bridgehead atoms. The number of aromatic nitrogens is 2. The molecule has 1 saturated carbocycles. The standard InChI is InChI=1S/C18H20N2O3/c1-22-17-9-16-15-5-4-13(11-23-10-12-2-3-12)8-14(15)6-7-20(16)18(21)19-17/h4-5,8-9,12H,2-3,6-7,10-11H2,1H3. The minimum atomic E-state index is -0.248. The van der Waals surface area contributed by atoms with Gasteiger partial charge in [-0.05, 0) is 36.3 Å². The van der Waals surface area contributed by atoms with Crippen molar-refractivity contribution in [1.29, 1.82) is 0 Å². The Morgan fingerprint density at radius 3 is 2.96 bits per heavy atom. The van der Waals surface area contributed by atoms with Crippen LogP contribution in [0.4, 0.5) is 0 Å². The second-order valence-electron chi connectivity index (χ2n) is 6.32. The molecule has 1 fully saturated rings. The van der Waals surface area contributed by atoms with E-state index in [0.29, 0.717) is 19.0 Å². The van der Waals surface area contributed by atoms with Crippen molar-refractivity contribution in [3.63, 3.8) is 0 Å². The molecule has 2 aromatic rings. The molecular formula is C18H20N2O3. The summed E-state index contributed by atoms with van der Waals surface area (Å²) >= 11 is 0. The molecule has 4 rings (SSSR count). The minimum Gasteiger partial charge on any atom is -0.481 e. The number of nitrogens with zero attached hydrogens (tertiary/aromatic N) is 2. The molecule has 0 unspecified atom stereocenters. The van der Waals surface area contributed by atoms with Gasteiger partial charge in [-0.3, -0.25) is 4.57 Å². The number of fused-ring (bicyclic) bond motifs is 3. The molecular weight excluding hydrogens is 292 g/mol. The van der Waals surface area contributed by atoms with Gasteiger partial charge in [0.05, 0.1) is 19.4 Å². The smallest absolute Gasteiger partial charge is 0.351 e. The Morgan fingerprint density at radius 2 is 2.17 bits per heavy atom. The molecule has 1 aliphatic heterocycles. The Labute approximate surface area is 134 Å². The van der Waals surface area contributed by atoms with E-state index in [2.05, 4.69) is 23.2 Å². The highest BCUT2D eigenvalue weighted by Crippen LogP contribution is 2.31. The number of aryl methyl sites for hydroxylation is 1. The number of hydrogen-bond acceptors (Lipinski definition) is 4. The third kappa shape index (κ3) is 2.88. The van der Waals surface area contributed by atoms with E-state index >= 15 is 0 Å². The molecule has 2 heterocycles. The molecule has 5 heteroatoms. The van der Waals surface area contributed by atoms with Crippen molar-refractivity contribution in [3.8, 4) is 17.1 Å². The van der Waals surface area contributed by atoms with E-state index in [1.165, 1.54) is 31.1 Å². The van der Waals surface area contributed by atoms with Crippen molar-refractivity contribution in [1.82, 2.24) is 9.55 Å². The van der Waals surface area contributed by atoms with Gasteiger partial charge in [0.15, 0.2) is 0 Å². The predicted molar refractivity (Wildman–Crippen MR) is 86.6 cm³/mol. The van der Waals surface area contributed by atoms with Gasteiger partial charge in [0, 0.05) is 24.8 Å². The van der Waals surface area contributed by atoms with Crippen LogP contribution >= 0.6 is 0 Å². The van der Waals surface area contributed by atoms with Crippen molar-refractivity contribution in [2.24, 2.45) is 5.92 Å². The first-order valence-corrected chi connectivity index (χ1v) is 8.10. The van der Waals surface area contributed by atoms with Gasteiger partial charge < -0.3 is 9.47 Å². The molecule has 2 aliphatic rings. The van der Waals surface area contributed by atoms with Crippen molar-refractivity contribution in [3.05, 3.63) is 45.9 Å². The van der Waals surface area contributed by atoms with Crippen LogP contribution in [0, 0.1) is 5.92 Å². The van der Waals surface area contributed by atoms with Crippen LogP contribution in [-0.2, 0) is 24.3 Å². The fourth-order valence-corrected chi connectivity index (χ4v) is 3.08. The quantitative estimate of drug-likeness (QED) is 0.851. The summed E-state index contributed by atoms with van der Waals surface area (Å²) < 4.78 is 12.6. The molecule has 1 aromatic heterocycles. The summed E-state index contributed by atoms with van der Waals surface area (Å²) in [7, 11) is 1.53. The number of methoxy groups -OCH3 is 1. The maximum atomic E-state index is 12.1. The van der Waals surface area contributed by atoms with Gasteiger partial charge in [0.2, 0.25) is 5.88 Å². The molecule has 0 radical (unpaired) electrons. The van der Waals surface area contributed by atoms with Gasteiger partial charge in [-0.2, -0.15) is 4.98 Å². The van der Waals surface area contributed by atoms with Crippen LogP contribution in [0.1, 0.15) is 24.0 Å². The molecule has 5 nitrogen and oxygen atoms in total. The second kappa shape index (κ2) is 5.81. The molecule has 0 atom stereocenters. The van der Waals surface area contributed by atoms with Crippen LogP contribution < -0.4 is 10.4 Å². The first-order chi connectivity index (χ1) is 11.2. The first-order valence-electron chi connectivity index (χ1n) is 8.10. The first kappa shape index (κ1) is 14.5. The van der Waals surface area contributed by atoms with Crippen LogP contribution in [0.2, 0.25) is 0 Å². The Bertz CT molecular complexity index is 793. The highest BCUT2D eigenvalue weighted by atomic mass is 16.5. The maximum Gasteiger partial charge on any atom is 0.351 e. The molecule has 0 spiro atoms. The summed E-state index contributed by atoms with van der Waals surface area (Å²) in [4.78, 5) is 16.0. The molecule has 0 saturated heterocycles. The summed E-state index contributed by atoms with van der Waals surface area (Å²) in [5.74, 6) is 1.15. The molecule has 23 heavy (non-hydrogen) atoms. The molecule has 0 N–H and O–H groups in total. The van der Waals surface area contributed by atoms with Crippen molar-refractivity contribution in [2.75, 3.05) is 13.7 Å². The highest BCUT2D eigenvalue weighted by Gasteiger charge is 2.22. The van der Waals surface area contributed by atoms with Gasteiger partial charge in [-0.25, -0.2) is 4.79 Å². The third-order valence-corrected chi connectivity index (χ3v) is 4.57. The highest BCUT2D eigenvalue weighted by molar-refractivity contribution is 5.67. The average Bonchev–Trinajstić information content (AvgIpc) is 3.38. The SMILES string of the molecule is COc1cc2n(c(=O)n1)CCc1cc(COCC3CC3)ccc1-2. The van der Waals surface area contributed by atoms with Crippen molar-refractivity contribution >= 4 is 0 Å². The van der Waals surface area contributed by atoms with E-state index in [1.54, 1.807) is 4.57 Å². The lowest BCUT2D eigenvalue weighted by atomic mass is 9.96. The summed E-state index contributed by atoms with van der Waals surface area (Å²) in [5, 5.41) is 0. The lowest BCUT2D eigenvalue weighted by Crippen LogP contribution is -2.28. The number of ether oxygens (including phenoxy) is 2. The van der Waals surface area contributed by atoms with E-state index in [9.17, 15) is 4.79 Å². The molecule has 1 aromatic carbocycles. The Hall–Kier alpha value is -2.14. The maximum absolute atomic E-state index is 12.1. The third-order valence-electron chi connectivity index (χ3n) is 4.57. The molecule has 1 aliphatic carbocycles. The zero-order chi connectivity index (χ0) is 15.8. The van der Waals surface area contributed by atoms with E-state index in [1.807, 2.05) is 6.07 Å². The van der Waals surface area contributed by atoms with Crippen molar-refractivity contribution in [2.45, 2.75) is 32.4 Å². The second-order valence-corrected chi connectivity index (χ2v) is 6.32. The lowest BCUT2D eigenvalue weighted by molar-refractivity contribution is 0.111. The summed E-state index contributed by atoms with van der Waals surface area (Å²) in [5.41, 5.74) is 4.17. The Kier molecular flexibility index (Phi) is 3.65. The zero-order valence-electron chi connectivity index (χ0n) is 13.2. The van der Waals surface area contributed by atoms with Gasteiger partial charge in [0.25, 0.3) is 0 Å². The fraction of sp³-hybridized carbons (Fsp3) is 0.444. The van der Waals surface area contributed by atoms with E-state index in [-0.39, 0.29) is 5.69 Å². The Balaban J connectivity index is 1.62. The number of benzene rings is 1. The summed E-state index contributed by atoms with van der Waals surface area (Å²) in [6.45, 7) is 2.19. The largest absolute Gasteiger partial charge is 0.481 e. The Morgan fingerprint density at radius 1 is 1.30 bits per heavy atom. The van der Waals surface area contributed by atoms with Gasteiger partial charge in [0.1, 0.15) is 0 Å². The minimum absolute atomic E-state index is 0.248. The van der Waals surface area contributed by atoms with Crippen molar-refractivity contribution < 1.29 is 9.47 Å². The van der Waals surface area contributed by atoms with E-state index in [0.717, 1.165) is 30.2 Å². The lowest BCUT2D eigenvalue weighted by Gasteiger charge is -2.22. The van der Waals surface area contributed by atoms with Crippen LogP contribution in [-0.4, -0.2) is 23.3 Å². The van der Waals surface area contributed by atoms with E-state index < -0.39 is 0 Å². The number of rotatable bonds is 5. The predicted octanol–water partition coefficient (Wildman–Crippen LogP) is 2.40. The average molecular weight is 312 g/mol. The van der Waals surface area contributed by atoms with Crippen LogP contribution in [0.25, 0.3) is 11.3 Å². The van der Waals surface area contributed by atoms with Gasteiger partial charge in [-0.1, -0.05) is 18.2 Å². The van der Waals surface area contributed by atoms with Gasteiger partial charge in [-0.15, -0.1) is 0 Å². The topological polar surface area (TPSA) is 53.4 Å². The van der Waals surface area contributed by atoms with Crippen LogP contribution in [0.5, 0.6) is 5.88 Å². The van der Waals surface area contributed by atoms with Gasteiger partial charge >= 0.3 is 5.69 Å². The zero-order valence-corrected chi connectivity index (χ0v) is 13.2. The molecule has 0 amide bonds. The number of hydrogen-bond donors (Lipinski definition) is 0. The normalized spacial score (nSPS) is 15.9. The molecule has 120 valence electrons.